The molecule has 0 fully saturated rings. The molecule has 0 amide bonds. The fraction of sp³-hybridized carbons (Fsp3) is 0.273. The minimum atomic E-state index is 0.528. The number of allylic oxidation sites excluding steroid dienone is 7. The predicted octanol–water partition coefficient (Wildman–Crippen LogP) is 2.29. The summed E-state index contributed by atoms with van der Waals surface area (Å²) in [6, 6.07) is 0. The van der Waals surface area contributed by atoms with Crippen molar-refractivity contribution in [2.75, 3.05) is 0 Å². The van der Waals surface area contributed by atoms with Gasteiger partial charge in [0.1, 0.15) is 0 Å². The zero-order valence-corrected chi connectivity index (χ0v) is 7.25. The summed E-state index contributed by atoms with van der Waals surface area (Å²) in [6.45, 7) is 2.12. The lowest BCUT2D eigenvalue weighted by molar-refractivity contribution is 0.751. The second-order valence-corrected chi connectivity index (χ2v) is 3.35. The number of hydrogen-bond donors (Lipinski definition) is 1. The maximum atomic E-state index is 5.90. The van der Waals surface area contributed by atoms with Crippen molar-refractivity contribution >= 4 is 0 Å². The van der Waals surface area contributed by atoms with Crippen molar-refractivity contribution in [3.8, 4) is 0 Å². The van der Waals surface area contributed by atoms with Crippen molar-refractivity contribution in [1.29, 1.82) is 0 Å². The fourth-order valence-corrected chi connectivity index (χ4v) is 1.89. The van der Waals surface area contributed by atoms with Crippen LogP contribution in [0.3, 0.4) is 0 Å². The van der Waals surface area contributed by atoms with E-state index >= 15 is 0 Å². The SMILES string of the molecule is CC1=C2C(N)=CC=CC2CC=C1. The topological polar surface area (TPSA) is 26.0 Å². The minimum absolute atomic E-state index is 0.528. The van der Waals surface area contributed by atoms with Crippen LogP contribution in [0.2, 0.25) is 0 Å². The maximum Gasteiger partial charge on any atom is 0.0355 e. The molecule has 0 spiro atoms. The highest BCUT2D eigenvalue weighted by Gasteiger charge is 2.19. The minimum Gasteiger partial charge on any atom is -0.398 e. The van der Waals surface area contributed by atoms with E-state index in [4.69, 9.17) is 5.73 Å². The molecule has 2 aliphatic rings. The zero-order chi connectivity index (χ0) is 8.55. The highest BCUT2D eigenvalue weighted by molar-refractivity contribution is 5.47. The third-order valence-corrected chi connectivity index (χ3v) is 2.48. The Morgan fingerprint density at radius 1 is 1.50 bits per heavy atom. The highest BCUT2D eigenvalue weighted by Crippen LogP contribution is 2.32. The summed E-state index contributed by atoms with van der Waals surface area (Å²) >= 11 is 0. The van der Waals surface area contributed by atoms with Crippen LogP contribution in [-0.4, -0.2) is 0 Å². The number of nitrogens with two attached hydrogens (primary N) is 1. The molecule has 0 aromatic heterocycles. The van der Waals surface area contributed by atoms with E-state index in [2.05, 4.69) is 31.2 Å². The highest BCUT2D eigenvalue weighted by atomic mass is 14.6. The van der Waals surface area contributed by atoms with Gasteiger partial charge in [-0.3, -0.25) is 0 Å². The van der Waals surface area contributed by atoms with E-state index in [9.17, 15) is 0 Å². The van der Waals surface area contributed by atoms with Crippen molar-refractivity contribution in [3.05, 3.63) is 47.2 Å². The molecule has 12 heavy (non-hydrogen) atoms. The first kappa shape index (κ1) is 7.41. The standard InChI is InChI=1S/C11H13N/c1-8-4-2-5-9-6-3-7-10(12)11(8)9/h2-4,6-7,9H,5,12H2,1H3. The van der Waals surface area contributed by atoms with Crippen LogP contribution in [-0.2, 0) is 0 Å². The molecule has 2 rings (SSSR count). The monoisotopic (exact) mass is 159 g/mol. The van der Waals surface area contributed by atoms with Crippen molar-refractivity contribution < 1.29 is 0 Å². The van der Waals surface area contributed by atoms with Crippen LogP contribution in [0.25, 0.3) is 0 Å². The van der Waals surface area contributed by atoms with Crippen molar-refractivity contribution in [1.82, 2.24) is 0 Å². The molecule has 0 aliphatic heterocycles. The molecular formula is C11H13N. The Hall–Kier alpha value is -1.24. The summed E-state index contributed by atoms with van der Waals surface area (Å²) in [6.07, 6.45) is 11.7. The molecule has 2 aliphatic carbocycles. The van der Waals surface area contributed by atoms with Gasteiger partial charge in [0.25, 0.3) is 0 Å². The predicted molar refractivity (Wildman–Crippen MR) is 51.4 cm³/mol. The third-order valence-electron chi connectivity index (χ3n) is 2.48. The number of fused-ring (bicyclic) bond motifs is 1. The van der Waals surface area contributed by atoms with Gasteiger partial charge in [0.15, 0.2) is 0 Å². The molecule has 0 bridgehead atoms. The van der Waals surface area contributed by atoms with Crippen molar-refractivity contribution in [2.24, 2.45) is 11.7 Å². The fourth-order valence-electron chi connectivity index (χ4n) is 1.89. The van der Waals surface area contributed by atoms with Crippen molar-refractivity contribution in [2.45, 2.75) is 13.3 Å². The first-order valence-electron chi connectivity index (χ1n) is 4.30. The first-order valence-corrected chi connectivity index (χ1v) is 4.30. The summed E-state index contributed by atoms with van der Waals surface area (Å²) in [5, 5.41) is 0. The maximum absolute atomic E-state index is 5.90. The summed E-state index contributed by atoms with van der Waals surface area (Å²) in [7, 11) is 0. The summed E-state index contributed by atoms with van der Waals surface area (Å²) in [5.74, 6) is 0.528. The molecule has 1 nitrogen and oxygen atoms in total. The Labute approximate surface area is 73.0 Å². The molecule has 0 heterocycles. The summed E-state index contributed by atoms with van der Waals surface area (Å²) in [5.41, 5.74) is 9.46. The van der Waals surface area contributed by atoms with Crippen LogP contribution in [0.4, 0.5) is 0 Å². The third kappa shape index (κ3) is 1.02. The van der Waals surface area contributed by atoms with Gasteiger partial charge in [-0.15, -0.1) is 0 Å². The smallest absolute Gasteiger partial charge is 0.0355 e. The average Bonchev–Trinajstić information content (AvgIpc) is 2.04. The largest absolute Gasteiger partial charge is 0.398 e. The Bertz CT molecular complexity index is 316. The molecule has 62 valence electrons. The van der Waals surface area contributed by atoms with Gasteiger partial charge in [-0.05, 0) is 30.6 Å². The van der Waals surface area contributed by atoms with Gasteiger partial charge >= 0.3 is 0 Å². The van der Waals surface area contributed by atoms with Crippen molar-refractivity contribution in [3.63, 3.8) is 0 Å². The summed E-state index contributed by atoms with van der Waals surface area (Å²) in [4.78, 5) is 0. The molecular weight excluding hydrogens is 146 g/mol. The average molecular weight is 159 g/mol. The summed E-state index contributed by atoms with van der Waals surface area (Å²) < 4.78 is 0. The van der Waals surface area contributed by atoms with Crippen LogP contribution in [0, 0.1) is 5.92 Å². The van der Waals surface area contributed by atoms with E-state index < -0.39 is 0 Å². The van der Waals surface area contributed by atoms with Gasteiger partial charge in [-0.1, -0.05) is 24.3 Å². The lowest BCUT2D eigenvalue weighted by Gasteiger charge is -2.24. The van der Waals surface area contributed by atoms with Gasteiger partial charge in [0.05, 0.1) is 0 Å². The van der Waals surface area contributed by atoms with Gasteiger partial charge in [-0.2, -0.15) is 0 Å². The zero-order valence-electron chi connectivity index (χ0n) is 7.25. The van der Waals surface area contributed by atoms with Gasteiger partial charge < -0.3 is 5.73 Å². The molecule has 0 aromatic rings. The lowest BCUT2D eigenvalue weighted by Crippen LogP contribution is -2.15. The Morgan fingerprint density at radius 3 is 3.08 bits per heavy atom. The Morgan fingerprint density at radius 2 is 2.33 bits per heavy atom. The number of hydrogen-bond acceptors (Lipinski definition) is 1. The molecule has 1 unspecified atom stereocenters. The van der Waals surface area contributed by atoms with Gasteiger partial charge in [0, 0.05) is 11.6 Å². The second-order valence-electron chi connectivity index (χ2n) is 3.35. The second kappa shape index (κ2) is 2.67. The molecule has 1 atom stereocenters. The molecule has 0 saturated heterocycles. The molecule has 0 radical (unpaired) electrons. The van der Waals surface area contributed by atoms with E-state index in [1.165, 1.54) is 11.1 Å². The molecule has 0 saturated carbocycles. The van der Waals surface area contributed by atoms with E-state index in [0.29, 0.717) is 5.92 Å². The quantitative estimate of drug-likeness (QED) is 0.576. The van der Waals surface area contributed by atoms with Crippen LogP contribution >= 0.6 is 0 Å². The lowest BCUT2D eigenvalue weighted by atomic mass is 9.83. The number of rotatable bonds is 0. The Kier molecular flexibility index (Phi) is 1.65. The molecule has 1 heteroatoms. The normalized spacial score (nSPS) is 27.1. The Balaban J connectivity index is 2.49. The van der Waals surface area contributed by atoms with E-state index in [1.54, 1.807) is 0 Å². The molecule has 0 aromatic carbocycles. The van der Waals surface area contributed by atoms with E-state index in [-0.39, 0.29) is 0 Å². The van der Waals surface area contributed by atoms with Gasteiger partial charge in [-0.25, -0.2) is 0 Å². The van der Waals surface area contributed by atoms with E-state index in [1.807, 2.05) is 6.08 Å². The van der Waals surface area contributed by atoms with Crippen LogP contribution < -0.4 is 5.73 Å². The first-order chi connectivity index (χ1) is 5.79. The molecule has 2 N–H and O–H groups in total. The van der Waals surface area contributed by atoms with Crippen LogP contribution in [0.1, 0.15) is 13.3 Å². The van der Waals surface area contributed by atoms with Crippen LogP contribution in [0.5, 0.6) is 0 Å². The van der Waals surface area contributed by atoms with E-state index in [0.717, 1.165) is 12.1 Å². The van der Waals surface area contributed by atoms with Crippen LogP contribution in [0.15, 0.2) is 47.2 Å². The van der Waals surface area contributed by atoms with Gasteiger partial charge in [0.2, 0.25) is 0 Å².